The molecule has 1 heterocycles. The quantitative estimate of drug-likeness (QED) is 0.862. The van der Waals surface area contributed by atoms with Gasteiger partial charge in [0.15, 0.2) is 0 Å². The summed E-state index contributed by atoms with van der Waals surface area (Å²) in [5.41, 5.74) is 0.890. The lowest BCUT2D eigenvalue weighted by Crippen LogP contribution is -2.04. The van der Waals surface area contributed by atoms with E-state index in [1.807, 2.05) is 31.2 Å². The molecule has 0 saturated heterocycles. The summed E-state index contributed by atoms with van der Waals surface area (Å²) in [6, 6.07) is 10.3. The number of pyridine rings is 1. The number of nitrogens with zero attached hydrogens (tertiary/aromatic N) is 1. The van der Waals surface area contributed by atoms with Gasteiger partial charge in [0.25, 0.3) is 0 Å². The standard InChI is InChI=1S/C14H14N2O3/c1-2-19-11-7-5-10(6-8-11)16-13-12(14(17)18)4-3-9-15-13/h3-9H,2H2,1H3,(H,15,16)(H,17,18). The molecule has 98 valence electrons. The van der Waals surface area contributed by atoms with Crippen LogP contribution in [0.15, 0.2) is 42.6 Å². The average molecular weight is 258 g/mol. The first-order chi connectivity index (χ1) is 9.20. The Morgan fingerprint density at radius 1 is 1.32 bits per heavy atom. The number of rotatable bonds is 5. The molecule has 0 saturated carbocycles. The van der Waals surface area contributed by atoms with Crippen molar-refractivity contribution in [1.82, 2.24) is 4.98 Å². The number of ether oxygens (including phenoxy) is 1. The van der Waals surface area contributed by atoms with Crippen LogP contribution in [0.4, 0.5) is 11.5 Å². The van der Waals surface area contributed by atoms with Gasteiger partial charge in [0.2, 0.25) is 0 Å². The molecule has 1 aromatic carbocycles. The van der Waals surface area contributed by atoms with Crippen LogP contribution in [-0.2, 0) is 0 Å². The number of benzene rings is 1. The van der Waals surface area contributed by atoms with Crippen molar-refractivity contribution in [2.45, 2.75) is 6.92 Å². The normalized spacial score (nSPS) is 9.95. The van der Waals surface area contributed by atoms with Crippen molar-refractivity contribution >= 4 is 17.5 Å². The van der Waals surface area contributed by atoms with Crippen molar-refractivity contribution in [3.63, 3.8) is 0 Å². The molecule has 5 heteroatoms. The Labute approximate surface area is 110 Å². The van der Waals surface area contributed by atoms with Crippen LogP contribution in [0.25, 0.3) is 0 Å². The van der Waals surface area contributed by atoms with Crippen LogP contribution >= 0.6 is 0 Å². The molecule has 0 aliphatic rings. The molecule has 5 nitrogen and oxygen atoms in total. The molecule has 19 heavy (non-hydrogen) atoms. The van der Waals surface area contributed by atoms with Gasteiger partial charge in [-0.1, -0.05) is 0 Å². The highest BCUT2D eigenvalue weighted by atomic mass is 16.5. The maximum Gasteiger partial charge on any atom is 0.339 e. The fourth-order valence-electron chi connectivity index (χ4n) is 1.62. The molecule has 0 bridgehead atoms. The second kappa shape index (κ2) is 5.86. The summed E-state index contributed by atoms with van der Waals surface area (Å²) in [6.07, 6.45) is 1.54. The second-order valence-corrected chi connectivity index (χ2v) is 3.79. The number of hydrogen-bond donors (Lipinski definition) is 2. The van der Waals surface area contributed by atoms with Crippen molar-refractivity contribution in [2.24, 2.45) is 0 Å². The van der Waals surface area contributed by atoms with E-state index >= 15 is 0 Å². The lowest BCUT2D eigenvalue weighted by atomic mass is 10.2. The molecule has 0 atom stereocenters. The third kappa shape index (κ3) is 3.22. The zero-order chi connectivity index (χ0) is 13.7. The number of nitrogens with one attached hydrogen (secondary N) is 1. The van der Waals surface area contributed by atoms with Crippen LogP contribution in [0.2, 0.25) is 0 Å². The number of hydrogen-bond acceptors (Lipinski definition) is 4. The van der Waals surface area contributed by atoms with Gasteiger partial charge in [0, 0.05) is 11.9 Å². The molecule has 2 rings (SSSR count). The summed E-state index contributed by atoms with van der Waals surface area (Å²) in [6.45, 7) is 2.52. The van der Waals surface area contributed by atoms with Crippen LogP contribution in [0.1, 0.15) is 17.3 Å². The third-order valence-corrected chi connectivity index (χ3v) is 2.47. The monoisotopic (exact) mass is 258 g/mol. The zero-order valence-corrected chi connectivity index (χ0v) is 10.5. The minimum Gasteiger partial charge on any atom is -0.494 e. The maximum absolute atomic E-state index is 11.1. The summed E-state index contributed by atoms with van der Waals surface area (Å²) in [5, 5.41) is 12.0. The topological polar surface area (TPSA) is 71.5 Å². The lowest BCUT2D eigenvalue weighted by molar-refractivity contribution is 0.0697. The summed E-state index contributed by atoms with van der Waals surface area (Å²) >= 11 is 0. The van der Waals surface area contributed by atoms with E-state index in [0.717, 1.165) is 11.4 Å². The summed E-state index contributed by atoms with van der Waals surface area (Å²) in [7, 11) is 0. The predicted octanol–water partition coefficient (Wildman–Crippen LogP) is 2.92. The number of carboxylic acids is 1. The molecule has 0 amide bonds. The largest absolute Gasteiger partial charge is 0.494 e. The highest BCUT2D eigenvalue weighted by Crippen LogP contribution is 2.21. The van der Waals surface area contributed by atoms with Crippen molar-refractivity contribution in [2.75, 3.05) is 11.9 Å². The minimum atomic E-state index is -1.01. The van der Waals surface area contributed by atoms with Crippen molar-refractivity contribution in [3.05, 3.63) is 48.2 Å². The van der Waals surface area contributed by atoms with E-state index in [0.29, 0.717) is 12.4 Å². The van der Waals surface area contributed by atoms with E-state index < -0.39 is 5.97 Å². The number of aromatic carboxylic acids is 1. The number of aromatic nitrogens is 1. The van der Waals surface area contributed by atoms with Gasteiger partial charge in [-0.05, 0) is 43.3 Å². The zero-order valence-electron chi connectivity index (χ0n) is 10.5. The highest BCUT2D eigenvalue weighted by Gasteiger charge is 2.10. The molecule has 2 aromatic rings. The maximum atomic E-state index is 11.1. The van der Waals surface area contributed by atoms with Crippen molar-refractivity contribution in [3.8, 4) is 5.75 Å². The van der Waals surface area contributed by atoms with Gasteiger partial charge in [0.05, 0.1) is 6.61 Å². The summed E-state index contributed by atoms with van der Waals surface area (Å²) in [4.78, 5) is 15.1. The Morgan fingerprint density at radius 3 is 2.68 bits per heavy atom. The molecule has 0 aliphatic carbocycles. The van der Waals surface area contributed by atoms with Crippen LogP contribution in [0, 0.1) is 0 Å². The molecule has 1 aromatic heterocycles. The van der Waals surface area contributed by atoms with E-state index in [9.17, 15) is 4.79 Å². The van der Waals surface area contributed by atoms with E-state index in [4.69, 9.17) is 9.84 Å². The smallest absolute Gasteiger partial charge is 0.339 e. The third-order valence-electron chi connectivity index (χ3n) is 2.47. The summed E-state index contributed by atoms with van der Waals surface area (Å²) in [5.74, 6) is 0.0771. The highest BCUT2D eigenvalue weighted by molar-refractivity contribution is 5.93. The average Bonchev–Trinajstić information content (AvgIpc) is 2.42. The molecule has 0 fully saturated rings. The van der Waals surface area contributed by atoms with E-state index in [2.05, 4.69) is 10.3 Å². The second-order valence-electron chi connectivity index (χ2n) is 3.79. The first-order valence-electron chi connectivity index (χ1n) is 5.89. The predicted molar refractivity (Wildman–Crippen MR) is 72.1 cm³/mol. The Hall–Kier alpha value is -2.56. The molecular weight excluding hydrogens is 244 g/mol. The SMILES string of the molecule is CCOc1ccc(Nc2ncccc2C(=O)O)cc1. The van der Waals surface area contributed by atoms with Crippen LogP contribution in [0.3, 0.4) is 0 Å². The number of carbonyl (C=O) groups is 1. The molecule has 0 unspecified atom stereocenters. The van der Waals surface area contributed by atoms with Gasteiger partial charge < -0.3 is 15.2 Å². The minimum absolute atomic E-state index is 0.136. The molecule has 0 spiro atoms. The van der Waals surface area contributed by atoms with Crippen molar-refractivity contribution in [1.29, 1.82) is 0 Å². The van der Waals surface area contributed by atoms with Gasteiger partial charge >= 0.3 is 5.97 Å². The Bertz CT molecular complexity index is 567. The van der Waals surface area contributed by atoms with Gasteiger partial charge in [-0.15, -0.1) is 0 Å². The fraction of sp³-hybridized carbons (Fsp3) is 0.143. The van der Waals surface area contributed by atoms with E-state index in [1.165, 1.54) is 6.07 Å². The Kier molecular flexibility index (Phi) is 3.97. The van der Waals surface area contributed by atoms with Crippen LogP contribution < -0.4 is 10.1 Å². The number of anilines is 2. The first-order valence-corrected chi connectivity index (χ1v) is 5.89. The first kappa shape index (κ1) is 12.9. The van der Waals surface area contributed by atoms with Crippen molar-refractivity contribution < 1.29 is 14.6 Å². The molecule has 0 aliphatic heterocycles. The van der Waals surface area contributed by atoms with Gasteiger partial charge in [0.1, 0.15) is 17.1 Å². The Balaban J connectivity index is 2.19. The van der Waals surface area contributed by atoms with E-state index in [-0.39, 0.29) is 5.56 Å². The molecular formula is C14H14N2O3. The van der Waals surface area contributed by atoms with Gasteiger partial charge in [-0.2, -0.15) is 0 Å². The number of carboxylic acid groups (broad SMARTS) is 1. The molecule has 2 N–H and O–H groups in total. The van der Waals surface area contributed by atoms with E-state index in [1.54, 1.807) is 12.3 Å². The lowest BCUT2D eigenvalue weighted by Gasteiger charge is -2.09. The molecule has 0 radical (unpaired) electrons. The fourth-order valence-corrected chi connectivity index (χ4v) is 1.62. The van der Waals surface area contributed by atoms with Gasteiger partial charge in [-0.25, -0.2) is 9.78 Å². The Morgan fingerprint density at radius 2 is 2.05 bits per heavy atom. The van der Waals surface area contributed by atoms with Crippen LogP contribution in [0.5, 0.6) is 5.75 Å². The van der Waals surface area contributed by atoms with Crippen LogP contribution in [-0.4, -0.2) is 22.7 Å². The van der Waals surface area contributed by atoms with Gasteiger partial charge in [-0.3, -0.25) is 0 Å². The summed E-state index contributed by atoms with van der Waals surface area (Å²) < 4.78 is 5.34.